The number of nitro groups is 1. The quantitative estimate of drug-likeness (QED) is 0.670. The van der Waals surface area contributed by atoms with E-state index in [1.165, 1.54) is 18.2 Å². The molecule has 21 heavy (non-hydrogen) atoms. The largest absolute Gasteiger partial charge is 0.384 e. The summed E-state index contributed by atoms with van der Waals surface area (Å²) >= 11 is 0. The maximum absolute atomic E-state index is 12.2. The number of carbonyl (C=O) groups excluding carboxylic acids is 1. The maximum atomic E-state index is 12.2. The van der Waals surface area contributed by atoms with Gasteiger partial charge in [-0.1, -0.05) is 12.1 Å². The molecule has 6 nitrogen and oxygen atoms in total. The number of benzene rings is 2. The summed E-state index contributed by atoms with van der Waals surface area (Å²) < 4.78 is 0. The molecular weight excluding hydrogens is 270 g/mol. The zero-order valence-electron chi connectivity index (χ0n) is 11.1. The molecule has 1 aliphatic heterocycles. The normalized spacial score (nSPS) is 12.4. The van der Waals surface area contributed by atoms with Gasteiger partial charge in [-0.2, -0.15) is 0 Å². The Hall–Kier alpha value is -2.89. The van der Waals surface area contributed by atoms with Gasteiger partial charge in [0.25, 0.3) is 11.6 Å². The van der Waals surface area contributed by atoms with Crippen molar-refractivity contribution in [1.82, 2.24) is 0 Å². The number of nitrogens with zero attached hydrogens (tertiary/aromatic N) is 1. The maximum Gasteiger partial charge on any atom is 0.282 e. The summed E-state index contributed by atoms with van der Waals surface area (Å²) in [5.41, 5.74) is 2.70. The molecule has 0 aromatic heterocycles. The van der Waals surface area contributed by atoms with Gasteiger partial charge in [0.05, 0.1) is 4.92 Å². The number of nitrogens with one attached hydrogen (secondary N) is 2. The summed E-state index contributed by atoms with van der Waals surface area (Å²) in [7, 11) is 0. The van der Waals surface area contributed by atoms with Crippen LogP contribution in [0.4, 0.5) is 17.1 Å². The fraction of sp³-hybridized carbons (Fsp3) is 0.133. The third-order valence-electron chi connectivity index (χ3n) is 3.42. The highest BCUT2D eigenvalue weighted by Crippen LogP contribution is 2.26. The number of para-hydroxylation sites is 1. The van der Waals surface area contributed by atoms with E-state index in [-0.39, 0.29) is 11.3 Å². The van der Waals surface area contributed by atoms with Crippen molar-refractivity contribution >= 4 is 23.0 Å². The first-order chi connectivity index (χ1) is 10.1. The Morgan fingerprint density at radius 3 is 2.86 bits per heavy atom. The average molecular weight is 283 g/mol. The lowest BCUT2D eigenvalue weighted by atomic mass is 10.1. The van der Waals surface area contributed by atoms with Crippen molar-refractivity contribution in [1.29, 1.82) is 0 Å². The summed E-state index contributed by atoms with van der Waals surface area (Å²) in [4.78, 5) is 22.6. The number of hydrogen-bond acceptors (Lipinski definition) is 4. The van der Waals surface area contributed by atoms with E-state index in [4.69, 9.17) is 0 Å². The molecule has 1 heterocycles. The summed E-state index contributed by atoms with van der Waals surface area (Å²) in [6.45, 7) is 0.886. The summed E-state index contributed by atoms with van der Waals surface area (Å²) in [5.74, 6) is -0.479. The topological polar surface area (TPSA) is 84.3 Å². The Kier molecular flexibility index (Phi) is 3.27. The molecule has 0 spiro atoms. The molecule has 106 valence electrons. The molecule has 0 bridgehead atoms. The van der Waals surface area contributed by atoms with E-state index in [0.29, 0.717) is 5.69 Å². The van der Waals surface area contributed by atoms with Gasteiger partial charge in [-0.3, -0.25) is 14.9 Å². The van der Waals surface area contributed by atoms with Crippen LogP contribution in [-0.4, -0.2) is 17.4 Å². The molecule has 6 heteroatoms. The van der Waals surface area contributed by atoms with E-state index in [9.17, 15) is 14.9 Å². The molecule has 0 atom stereocenters. The smallest absolute Gasteiger partial charge is 0.282 e. The van der Waals surface area contributed by atoms with Crippen LogP contribution in [0.2, 0.25) is 0 Å². The van der Waals surface area contributed by atoms with E-state index in [0.717, 1.165) is 24.2 Å². The Balaban J connectivity index is 1.85. The molecule has 0 radical (unpaired) electrons. The van der Waals surface area contributed by atoms with Gasteiger partial charge in [-0.25, -0.2) is 0 Å². The minimum atomic E-state index is -0.554. The molecule has 0 fully saturated rings. The number of hydrogen-bond donors (Lipinski definition) is 2. The van der Waals surface area contributed by atoms with Gasteiger partial charge in [0.2, 0.25) is 0 Å². The molecule has 0 saturated heterocycles. The van der Waals surface area contributed by atoms with E-state index in [2.05, 4.69) is 10.6 Å². The van der Waals surface area contributed by atoms with Crippen LogP contribution in [0, 0.1) is 10.1 Å². The Labute approximate surface area is 120 Å². The first-order valence-corrected chi connectivity index (χ1v) is 6.57. The Morgan fingerprint density at radius 1 is 1.24 bits per heavy atom. The monoisotopic (exact) mass is 283 g/mol. The van der Waals surface area contributed by atoms with E-state index >= 15 is 0 Å². The van der Waals surface area contributed by atoms with Crippen LogP contribution in [0.25, 0.3) is 0 Å². The zero-order valence-corrected chi connectivity index (χ0v) is 11.1. The van der Waals surface area contributed by atoms with Crippen molar-refractivity contribution in [3.8, 4) is 0 Å². The summed E-state index contributed by atoms with van der Waals surface area (Å²) in [6.07, 6.45) is 0.907. The minimum Gasteiger partial charge on any atom is -0.384 e. The summed E-state index contributed by atoms with van der Waals surface area (Å²) in [6, 6.07) is 11.5. The number of amides is 1. The number of rotatable bonds is 3. The molecule has 0 saturated carbocycles. The Bertz CT molecular complexity index is 728. The molecule has 0 aliphatic carbocycles. The number of anilines is 2. The minimum absolute atomic E-state index is 0.0566. The van der Waals surface area contributed by atoms with Crippen molar-refractivity contribution in [3.63, 3.8) is 0 Å². The van der Waals surface area contributed by atoms with E-state index in [1.807, 2.05) is 12.1 Å². The molecule has 3 rings (SSSR count). The molecule has 1 aliphatic rings. The zero-order chi connectivity index (χ0) is 14.8. The van der Waals surface area contributed by atoms with Crippen LogP contribution in [0.3, 0.4) is 0 Å². The first-order valence-electron chi connectivity index (χ1n) is 6.57. The van der Waals surface area contributed by atoms with Crippen LogP contribution in [0.5, 0.6) is 0 Å². The van der Waals surface area contributed by atoms with Gasteiger partial charge < -0.3 is 10.6 Å². The van der Waals surface area contributed by atoms with Crippen molar-refractivity contribution in [2.24, 2.45) is 0 Å². The van der Waals surface area contributed by atoms with Crippen molar-refractivity contribution in [2.45, 2.75) is 6.42 Å². The van der Waals surface area contributed by atoms with E-state index < -0.39 is 10.8 Å². The highest BCUT2D eigenvalue weighted by atomic mass is 16.6. The Morgan fingerprint density at radius 2 is 2.05 bits per heavy atom. The van der Waals surface area contributed by atoms with Crippen molar-refractivity contribution < 1.29 is 9.72 Å². The van der Waals surface area contributed by atoms with Gasteiger partial charge >= 0.3 is 0 Å². The van der Waals surface area contributed by atoms with Gasteiger partial charge in [0, 0.05) is 24.0 Å². The lowest BCUT2D eigenvalue weighted by Gasteiger charge is -2.07. The van der Waals surface area contributed by atoms with Crippen LogP contribution < -0.4 is 10.6 Å². The highest BCUT2D eigenvalue weighted by molar-refractivity contribution is 6.07. The predicted octanol–water partition coefficient (Wildman–Crippen LogP) is 2.82. The fourth-order valence-electron chi connectivity index (χ4n) is 2.41. The molecule has 2 aromatic rings. The fourth-order valence-corrected chi connectivity index (χ4v) is 2.41. The van der Waals surface area contributed by atoms with E-state index in [1.54, 1.807) is 12.1 Å². The van der Waals surface area contributed by atoms with Gasteiger partial charge in [-0.15, -0.1) is 0 Å². The summed E-state index contributed by atoms with van der Waals surface area (Å²) in [5, 5.41) is 16.9. The lowest BCUT2D eigenvalue weighted by Crippen LogP contribution is -2.13. The van der Waals surface area contributed by atoms with Gasteiger partial charge in [0.15, 0.2) is 0 Å². The van der Waals surface area contributed by atoms with Gasteiger partial charge in [-0.05, 0) is 36.2 Å². The first kappa shape index (κ1) is 13.1. The molecule has 0 unspecified atom stereocenters. The second-order valence-corrected chi connectivity index (χ2v) is 4.78. The molecule has 2 N–H and O–H groups in total. The molecule has 2 aromatic carbocycles. The predicted molar refractivity (Wildman–Crippen MR) is 79.7 cm³/mol. The number of nitro benzene ring substituents is 1. The third kappa shape index (κ3) is 2.55. The third-order valence-corrected chi connectivity index (χ3v) is 3.42. The average Bonchev–Trinajstić information content (AvgIpc) is 2.94. The van der Waals surface area contributed by atoms with Crippen LogP contribution in [-0.2, 0) is 6.42 Å². The molecule has 1 amide bonds. The standard InChI is InChI=1S/C15H13N3O3/c19-15(12-3-1-2-4-14(12)18(20)21)17-11-5-6-13-10(9-11)7-8-16-13/h1-6,9,16H,7-8H2,(H,17,19). The highest BCUT2D eigenvalue weighted by Gasteiger charge is 2.19. The second kappa shape index (κ2) is 5.24. The number of carbonyl (C=O) groups is 1. The number of fused-ring (bicyclic) bond motifs is 1. The van der Waals surface area contributed by atoms with Crippen molar-refractivity contribution in [3.05, 3.63) is 63.7 Å². The lowest BCUT2D eigenvalue weighted by molar-refractivity contribution is -0.385. The SMILES string of the molecule is O=C(Nc1ccc2c(c1)CCN2)c1ccccc1[N+](=O)[O-]. The molecular formula is C15H13N3O3. The van der Waals surface area contributed by atoms with Crippen molar-refractivity contribution in [2.75, 3.05) is 17.2 Å². The van der Waals surface area contributed by atoms with Crippen LogP contribution >= 0.6 is 0 Å². The van der Waals surface area contributed by atoms with Crippen LogP contribution in [0.1, 0.15) is 15.9 Å². The van der Waals surface area contributed by atoms with Crippen LogP contribution in [0.15, 0.2) is 42.5 Å². The second-order valence-electron chi connectivity index (χ2n) is 4.78. The van der Waals surface area contributed by atoms with Gasteiger partial charge in [0.1, 0.15) is 5.56 Å².